The van der Waals surface area contributed by atoms with Crippen molar-refractivity contribution >= 4 is 52.3 Å². The summed E-state index contributed by atoms with van der Waals surface area (Å²) in [6.45, 7) is 6.01. The standard InChI is InChI=1S/C29H31FN9O3P/c1-38-17-18(15-34-38)19-13-23(25(41-2)14-24(19)39-9-11-42-12-10-39)36-29-33-16-20(30)28(37-29)35-22-6-5-21-26(32-8-7-31-21)27(22)43(3,4)40/h5-8,13-17H,9-12H2,1-4H3,(H2,33,35,36,37). The van der Waals surface area contributed by atoms with Crippen LogP contribution in [0.2, 0.25) is 0 Å². The van der Waals surface area contributed by atoms with Gasteiger partial charge in [0.05, 0.1) is 54.9 Å². The molecule has 0 unspecified atom stereocenters. The Hall–Kier alpha value is -4.61. The summed E-state index contributed by atoms with van der Waals surface area (Å²) in [5.41, 5.74) is 4.93. The van der Waals surface area contributed by atoms with Crippen LogP contribution < -0.4 is 25.6 Å². The molecule has 0 saturated carbocycles. The fourth-order valence-corrected chi connectivity index (χ4v) is 6.52. The van der Waals surface area contributed by atoms with Crippen molar-refractivity contribution in [2.75, 3.05) is 62.3 Å². The van der Waals surface area contributed by atoms with Crippen LogP contribution in [0.5, 0.6) is 5.75 Å². The summed E-state index contributed by atoms with van der Waals surface area (Å²) in [5.74, 6) is -0.0723. The number of nitrogens with one attached hydrogen (secondary N) is 2. The number of rotatable bonds is 8. The molecular weight excluding hydrogens is 572 g/mol. The van der Waals surface area contributed by atoms with Gasteiger partial charge in [-0.2, -0.15) is 10.1 Å². The van der Waals surface area contributed by atoms with Crippen LogP contribution in [0.1, 0.15) is 0 Å². The summed E-state index contributed by atoms with van der Waals surface area (Å²) in [6, 6.07) is 7.35. The molecule has 43 heavy (non-hydrogen) atoms. The Labute approximate surface area is 247 Å². The van der Waals surface area contributed by atoms with E-state index >= 15 is 4.39 Å². The first-order chi connectivity index (χ1) is 20.7. The topological polar surface area (TPSA) is 132 Å². The van der Waals surface area contributed by atoms with Crippen LogP contribution in [0.3, 0.4) is 0 Å². The molecule has 6 rings (SSSR count). The molecule has 0 atom stereocenters. The fourth-order valence-electron chi connectivity index (χ4n) is 5.12. The molecule has 0 spiro atoms. The summed E-state index contributed by atoms with van der Waals surface area (Å²) in [5, 5.41) is 11.0. The Bertz CT molecular complexity index is 1850. The van der Waals surface area contributed by atoms with Crippen molar-refractivity contribution in [3.05, 3.63) is 61.1 Å². The molecule has 12 nitrogen and oxygen atoms in total. The first-order valence-corrected chi connectivity index (χ1v) is 16.2. The molecule has 1 saturated heterocycles. The fraction of sp³-hybridized carbons (Fsp3) is 0.276. The lowest BCUT2D eigenvalue weighted by Crippen LogP contribution is -2.36. The molecule has 0 aliphatic carbocycles. The number of fused-ring (bicyclic) bond motifs is 1. The Morgan fingerprint density at radius 3 is 2.53 bits per heavy atom. The monoisotopic (exact) mass is 603 g/mol. The van der Waals surface area contributed by atoms with Crippen molar-refractivity contribution in [3.63, 3.8) is 0 Å². The zero-order valence-electron chi connectivity index (χ0n) is 24.2. The Morgan fingerprint density at radius 1 is 1.02 bits per heavy atom. The van der Waals surface area contributed by atoms with Gasteiger partial charge in [-0.1, -0.05) is 0 Å². The minimum Gasteiger partial charge on any atom is -0.494 e. The number of halogens is 1. The third-order valence-corrected chi connectivity index (χ3v) is 8.61. The van der Waals surface area contributed by atoms with E-state index in [2.05, 4.69) is 40.6 Å². The second-order valence-electron chi connectivity index (χ2n) is 10.4. The maximum Gasteiger partial charge on any atom is 0.229 e. The molecule has 2 aromatic carbocycles. The number of anilines is 5. The van der Waals surface area contributed by atoms with E-state index in [1.807, 2.05) is 25.4 Å². The lowest BCUT2D eigenvalue weighted by atomic mass is 10.0. The predicted molar refractivity (Wildman–Crippen MR) is 165 cm³/mol. The number of aryl methyl sites for hydroxylation is 1. The second kappa shape index (κ2) is 11.6. The number of methoxy groups -OCH3 is 1. The van der Waals surface area contributed by atoms with Crippen molar-refractivity contribution in [2.24, 2.45) is 7.05 Å². The third kappa shape index (κ3) is 5.86. The lowest BCUT2D eigenvalue weighted by molar-refractivity contribution is 0.122. The number of aromatic nitrogens is 6. The average Bonchev–Trinajstić information content (AvgIpc) is 3.44. The molecule has 222 valence electrons. The third-order valence-electron chi connectivity index (χ3n) is 7.08. The first-order valence-electron chi connectivity index (χ1n) is 13.6. The van der Waals surface area contributed by atoms with Gasteiger partial charge in [0, 0.05) is 61.6 Å². The second-order valence-corrected chi connectivity index (χ2v) is 13.6. The van der Waals surface area contributed by atoms with Gasteiger partial charge in [0.15, 0.2) is 11.6 Å². The van der Waals surface area contributed by atoms with Gasteiger partial charge in [0.2, 0.25) is 5.95 Å². The highest BCUT2D eigenvalue weighted by Gasteiger charge is 2.24. The van der Waals surface area contributed by atoms with E-state index < -0.39 is 13.0 Å². The molecule has 2 N–H and O–H groups in total. The van der Waals surface area contributed by atoms with Crippen molar-refractivity contribution < 1.29 is 18.4 Å². The minimum atomic E-state index is -2.86. The zero-order chi connectivity index (χ0) is 30.1. The summed E-state index contributed by atoms with van der Waals surface area (Å²) in [6.07, 6.45) is 7.93. The van der Waals surface area contributed by atoms with E-state index in [-0.39, 0.29) is 11.8 Å². The highest BCUT2D eigenvalue weighted by molar-refractivity contribution is 7.71. The highest BCUT2D eigenvalue weighted by Crippen LogP contribution is 2.42. The van der Waals surface area contributed by atoms with Gasteiger partial charge in [0.1, 0.15) is 18.4 Å². The SMILES string of the molecule is COc1cc(N2CCOCC2)c(-c2cnn(C)c2)cc1Nc1ncc(F)c(Nc2ccc3nccnc3c2P(C)(C)=O)n1. The quantitative estimate of drug-likeness (QED) is 0.242. The highest BCUT2D eigenvalue weighted by atomic mass is 31.2. The van der Waals surface area contributed by atoms with Gasteiger partial charge in [-0.15, -0.1) is 0 Å². The minimum absolute atomic E-state index is 0.0909. The van der Waals surface area contributed by atoms with Gasteiger partial charge in [-0.3, -0.25) is 14.6 Å². The Kier molecular flexibility index (Phi) is 7.68. The molecule has 0 bridgehead atoms. The van der Waals surface area contributed by atoms with Gasteiger partial charge in [0.25, 0.3) is 0 Å². The maximum absolute atomic E-state index is 15.1. The van der Waals surface area contributed by atoms with Crippen LogP contribution in [0, 0.1) is 5.82 Å². The van der Waals surface area contributed by atoms with E-state index in [9.17, 15) is 4.57 Å². The maximum atomic E-state index is 15.1. The largest absolute Gasteiger partial charge is 0.494 e. The van der Waals surface area contributed by atoms with Crippen molar-refractivity contribution in [3.8, 4) is 16.9 Å². The van der Waals surface area contributed by atoms with Gasteiger partial charge in [-0.05, 0) is 31.5 Å². The van der Waals surface area contributed by atoms with E-state index in [0.717, 1.165) is 36.1 Å². The normalized spacial score (nSPS) is 13.7. The van der Waals surface area contributed by atoms with Crippen molar-refractivity contribution in [1.29, 1.82) is 0 Å². The summed E-state index contributed by atoms with van der Waals surface area (Å²) in [4.78, 5) is 19.6. The molecular formula is C29H31FN9O3P. The lowest BCUT2D eigenvalue weighted by Gasteiger charge is -2.31. The predicted octanol–water partition coefficient (Wildman–Crippen LogP) is 4.54. The summed E-state index contributed by atoms with van der Waals surface area (Å²) < 4.78 is 41.5. The molecule has 4 heterocycles. The van der Waals surface area contributed by atoms with Crippen LogP contribution in [-0.2, 0) is 16.3 Å². The van der Waals surface area contributed by atoms with Crippen LogP contribution in [0.15, 0.2) is 55.2 Å². The molecule has 5 aromatic rings. The first kappa shape index (κ1) is 28.5. The average molecular weight is 604 g/mol. The van der Waals surface area contributed by atoms with Crippen molar-refractivity contribution in [1.82, 2.24) is 29.7 Å². The number of hydrogen-bond acceptors (Lipinski definition) is 11. The van der Waals surface area contributed by atoms with E-state index in [1.165, 1.54) is 6.20 Å². The molecule has 0 radical (unpaired) electrons. The zero-order valence-corrected chi connectivity index (χ0v) is 25.1. The summed E-state index contributed by atoms with van der Waals surface area (Å²) in [7, 11) is 0.591. The number of morpholine rings is 1. The smallest absolute Gasteiger partial charge is 0.229 e. The Balaban J connectivity index is 1.38. The van der Waals surface area contributed by atoms with Crippen molar-refractivity contribution in [2.45, 2.75) is 0 Å². The van der Waals surface area contributed by atoms with E-state index in [0.29, 0.717) is 46.7 Å². The van der Waals surface area contributed by atoms with Gasteiger partial charge in [-0.25, -0.2) is 9.37 Å². The van der Waals surface area contributed by atoms with E-state index in [1.54, 1.807) is 49.6 Å². The van der Waals surface area contributed by atoms with Gasteiger partial charge >= 0.3 is 0 Å². The Morgan fingerprint density at radius 2 is 1.81 bits per heavy atom. The van der Waals surface area contributed by atoms with Crippen LogP contribution >= 0.6 is 7.14 Å². The molecule has 3 aromatic heterocycles. The molecule has 1 fully saturated rings. The van der Waals surface area contributed by atoms with Crippen LogP contribution in [-0.4, -0.2) is 76.5 Å². The molecule has 1 aliphatic heterocycles. The number of benzene rings is 2. The van der Waals surface area contributed by atoms with Gasteiger partial charge < -0.3 is 29.6 Å². The number of ether oxygens (including phenoxy) is 2. The molecule has 14 heteroatoms. The number of hydrogen-bond donors (Lipinski definition) is 2. The summed E-state index contributed by atoms with van der Waals surface area (Å²) >= 11 is 0. The molecule has 1 aliphatic rings. The van der Waals surface area contributed by atoms with E-state index in [4.69, 9.17) is 9.47 Å². The molecule has 0 amide bonds. The van der Waals surface area contributed by atoms with Crippen LogP contribution in [0.25, 0.3) is 22.2 Å². The number of nitrogens with zero attached hydrogens (tertiary/aromatic N) is 7. The van der Waals surface area contributed by atoms with Crippen LogP contribution in [0.4, 0.5) is 33.2 Å².